The Balaban J connectivity index is 1.88. The van der Waals surface area contributed by atoms with Crippen LogP contribution in [0.5, 0.6) is 0 Å². The van der Waals surface area contributed by atoms with Crippen LogP contribution in [0.2, 0.25) is 0 Å². The molecule has 0 amide bonds. The summed E-state index contributed by atoms with van der Waals surface area (Å²) in [6.07, 6.45) is 1.89. The predicted molar refractivity (Wildman–Crippen MR) is 91.2 cm³/mol. The van der Waals surface area contributed by atoms with Crippen molar-refractivity contribution in [2.75, 3.05) is 31.6 Å². The third-order valence-electron chi connectivity index (χ3n) is 4.47. The summed E-state index contributed by atoms with van der Waals surface area (Å²) in [7, 11) is -1.38. The summed E-state index contributed by atoms with van der Waals surface area (Å²) in [6, 6.07) is 10.1. The Hall–Kier alpha value is -1.11. The number of piperidine rings is 1. The Bertz CT molecular complexity index is 554. The molecule has 124 valence electrons. The van der Waals surface area contributed by atoms with Gasteiger partial charge in [-0.05, 0) is 37.8 Å². The van der Waals surface area contributed by atoms with E-state index in [-0.39, 0.29) is 6.04 Å². The van der Waals surface area contributed by atoms with E-state index in [1.165, 1.54) is 0 Å². The summed E-state index contributed by atoms with van der Waals surface area (Å²) in [5.74, 6) is 0.620. The summed E-state index contributed by atoms with van der Waals surface area (Å²) in [5, 5.41) is 0. The predicted octanol–water partition coefficient (Wildman–Crippen LogP) is 2.08. The zero-order chi connectivity index (χ0) is 16.2. The molecule has 22 heavy (non-hydrogen) atoms. The molecule has 1 saturated heterocycles. The number of hydrogen-bond donors (Lipinski definition) is 1. The van der Waals surface area contributed by atoms with E-state index in [0.29, 0.717) is 25.6 Å². The normalized spacial score (nSPS) is 19.0. The highest BCUT2D eigenvalue weighted by atomic mass is 32.2. The molecule has 1 aromatic carbocycles. The van der Waals surface area contributed by atoms with Crippen LogP contribution >= 0.6 is 0 Å². The Morgan fingerprint density at radius 3 is 2.45 bits per heavy atom. The quantitative estimate of drug-likeness (QED) is 0.871. The maximum Gasteiger partial charge on any atom is 0.279 e. The smallest absolute Gasteiger partial charge is 0.279 e. The van der Waals surface area contributed by atoms with Gasteiger partial charge in [0.1, 0.15) is 0 Å². The van der Waals surface area contributed by atoms with Crippen molar-refractivity contribution >= 4 is 15.9 Å². The molecule has 0 saturated carbocycles. The van der Waals surface area contributed by atoms with Gasteiger partial charge >= 0.3 is 0 Å². The molecule has 1 aliphatic heterocycles. The van der Waals surface area contributed by atoms with Gasteiger partial charge < -0.3 is 4.90 Å². The Morgan fingerprint density at radius 2 is 1.86 bits per heavy atom. The maximum atomic E-state index is 12.4. The molecule has 1 heterocycles. The molecular weight excluding hydrogens is 298 g/mol. The second-order valence-electron chi connectivity index (χ2n) is 6.23. The Morgan fingerprint density at radius 1 is 1.27 bits per heavy atom. The number of rotatable bonds is 6. The molecule has 1 fully saturated rings. The summed E-state index contributed by atoms with van der Waals surface area (Å²) < 4.78 is 29.0. The van der Waals surface area contributed by atoms with Crippen molar-refractivity contribution in [3.05, 3.63) is 30.3 Å². The van der Waals surface area contributed by atoms with Crippen molar-refractivity contribution in [3.63, 3.8) is 0 Å². The third kappa shape index (κ3) is 4.44. The SMILES string of the molecule is CC1CCN(S(=O)(=O)NCC(C)N(C)c2ccccc2)CC1. The molecule has 1 unspecified atom stereocenters. The van der Waals surface area contributed by atoms with E-state index in [9.17, 15) is 8.42 Å². The number of anilines is 1. The van der Waals surface area contributed by atoms with Crippen molar-refractivity contribution in [1.82, 2.24) is 9.03 Å². The van der Waals surface area contributed by atoms with Gasteiger partial charge in [-0.2, -0.15) is 12.7 Å². The average molecular weight is 325 g/mol. The lowest BCUT2D eigenvalue weighted by atomic mass is 10.0. The summed E-state index contributed by atoms with van der Waals surface area (Å²) >= 11 is 0. The second-order valence-corrected chi connectivity index (χ2v) is 7.99. The van der Waals surface area contributed by atoms with E-state index < -0.39 is 10.2 Å². The van der Waals surface area contributed by atoms with Crippen LogP contribution in [0, 0.1) is 5.92 Å². The van der Waals surface area contributed by atoms with Crippen LogP contribution in [0.15, 0.2) is 30.3 Å². The molecule has 1 atom stereocenters. The lowest BCUT2D eigenvalue weighted by molar-refractivity contribution is 0.285. The molecule has 1 aromatic rings. The Labute approximate surface area is 134 Å². The highest BCUT2D eigenvalue weighted by Crippen LogP contribution is 2.18. The van der Waals surface area contributed by atoms with Gasteiger partial charge in [-0.3, -0.25) is 0 Å². The van der Waals surface area contributed by atoms with Crippen LogP contribution < -0.4 is 9.62 Å². The minimum atomic E-state index is -3.36. The molecule has 0 radical (unpaired) electrons. The molecule has 5 nitrogen and oxygen atoms in total. The van der Waals surface area contributed by atoms with Crippen molar-refractivity contribution in [2.24, 2.45) is 5.92 Å². The fourth-order valence-electron chi connectivity index (χ4n) is 2.60. The van der Waals surface area contributed by atoms with Crippen LogP contribution in [0.4, 0.5) is 5.69 Å². The fraction of sp³-hybridized carbons (Fsp3) is 0.625. The van der Waals surface area contributed by atoms with E-state index in [2.05, 4.69) is 16.5 Å². The minimum Gasteiger partial charge on any atom is -0.371 e. The van der Waals surface area contributed by atoms with Gasteiger partial charge in [0.15, 0.2) is 0 Å². The van der Waals surface area contributed by atoms with Crippen LogP contribution in [0.1, 0.15) is 26.7 Å². The summed E-state index contributed by atoms with van der Waals surface area (Å²) in [4.78, 5) is 2.08. The highest BCUT2D eigenvalue weighted by Gasteiger charge is 2.26. The van der Waals surface area contributed by atoms with Crippen molar-refractivity contribution in [2.45, 2.75) is 32.7 Å². The first-order valence-corrected chi connectivity index (χ1v) is 9.37. The van der Waals surface area contributed by atoms with Crippen molar-refractivity contribution in [3.8, 4) is 0 Å². The van der Waals surface area contributed by atoms with Crippen molar-refractivity contribution in [1.29, 1.82) is 0 Å². The molecule has 1 N–H and O–H groups in total. The third-order valence-corrected chi connectivity index (χ3v) is 6.04. The van der Waals surface area contributed by atoms with Crippen LogP contribution in [-0.4, -0.2) is 45.4 Å². The first kappa shape index (κ1) is 17.2. The zero-order valence-electron chi connectivity index (χ0n) is 13.7. The largest absolute Gasteiger partial charge is 0.371 e. The first-order valence-electron chi connectivity index (χ1n) is 7.93. The topological polar surface area (TPSA) is 52.7 Å². The van der Waals surface area contributed by atoms with Gasteiger partial charge in [-0.1, -0.05) is 25.1 Å². The van der Waals surface area contributed by atoms with E-state index in [1.54, 1.807) is 4.31 Å². The van der Waals surface area contributed by atoms with E-state index >= 15 is 0 Å². The van der Waals surface area contributed by atoms with Gasteiger partial charge in [0, 0.05) is 38.4 Å². The van der Waals surface area contributed by atoms with Gasteiger partial charge in [0.25, 0.3) is 10.2 Å². The first-order chi connectivity index (χ1) is 10.4. The van der Waals surface area contributed by atoms with E-state index in [4.69, 9.17) is 0 Å². The standard InChI is InChI=1S/C16H27N3O2S/c1-14-9-11-19(12-10-14)22(20,21)17-13-15(2)18(3)16-7-5-4-6-8-16/h4-8,14-15,17H,9-13H2,1-3H3. The molecule has 1 aliphatic rings. The molecule has 0 aromatic heterocycles. The zero-order valence-corrected chi connectivity index (χ0v) is 14.5. The minimum absolute atomic E-state index is 0.0842. The van der Waals surface area contributed by atoms with Gasteiger partial charge in [0.2, 0.25) is 0 Å². The highest BCUT2D eigenvalue weighted by molar-refractivity contribution is 7.87. The van der Waals surface area contributed by atoms with Crippen molar-refractivity contribution < 1.29 is 8.42 Å². The van der Waals surface area contributed by atoms with Gasteiger partial charge in [-0.15, -0.1) is 0 Å². The number of likely N-dealkylation sites (N-methyl/N-ethyl adjacent to an activating group) is 1. The molecule has 0 spiro atoms. The average Bonchev–Trinajstić information content (AvgIpc) is 2.53. The lowest BCUT2D eigenvalue weighted by Crippen LogP contribution is -2.48. The maximum absolute atomic E-state index is 12.4. The van der Waals surface area contributed by atoms with E-state index in [1.807, 2.05) is 44.3 Å². The Kier molecular flexibility index (Phi) is 5.83. The molecular formula is C16H27N3O2S. The van der Waals surface area contributed by atoms with E-state index in [0.717, 1.165) is 18.5 Å². The monoisotopic (exact) mass is 325 g/mol. The summed E-state index contributed by atoms with van der Waals surface area (Å²) in [5.41, 5.74) is 1.08. The number of nitrogens with one attached hydrogen (secondary N) is 1. The van der Waals surface area contributed by atoms with Gasteiger partial charge in [-0.25, -0.2) is 4.72 Å². The van der Waals surface area contributed by atoms with Gasteiger partial charge in [0.05, 0.1) is 0 Å². The van der Waals surface area contributed by atoms with Crippen LogP contribution in [0.25, 0.3) is 0 Å². The molecule has 2 rings (SSSR count). The second kappa shape index (κ2) is 7.44. The van der Waals surface area contributed by atoms with Crippen LogP contribution in [0.3, 0.4) is 0 Å². The molecule has 0 aliphatic carbocycles. The number of nitrogens with zero attached hydrogens (tertiary/aromatic N) is 2. The number of para-hydroxylation sites is 1. The molecule has 0 bridgehead atoms. The number of hydrogen-bond acceptors (Lipinski definition) is 3. The summed E-state index contributed by atoms with van der Waals surface area (Å²) in [6.45, 7) is 5.85. The lowest BCUT2D eigenvalue weighted by Gasteiger charge is -2.31. The fourth-order valence-corrected chi connectivity index (χ4v) is 3.92. The molecule has 6 heteroatoms. The van der Waals surface area contributed by atoms with Crippen LogP contribution in [-0.2, 0) is 10.2 Å². The number of benzene rings is 1.